The largest absolute Gasteiger partial charge is 0.334 e. The number of carbonyl (C=O) groups excluding carboxylic acids is 1. The lowest BCUT2D eigenvalue weighted by Gasteiger charge is -2.27. The van der Waals surface area contributed by atoms with Crippen LogP contribution in [0.2, 0.25) is 0 Å². The molecule has 25 heavy (non-hydrogen) atoms. The van der Waals surface area contributed by atoms with Crippen molar-refractivity contribution in [3.63, 3.8) is 0 Å². The first kappa shape index (κ1) is 18.0. The maximum atomic E-state index is 13.8. The Balaban J connectivity index is 1.75. The molecule has 1 aliphatic heterocycles. The topological polar surface area (TPSA) is 66.5 Å². The van der Waals surface area contributed by atoms with E-state index in [9.17, 15) is 17.6 Å². The zero-order chi connectivity index (χ0) is 18.0. The summed E-state index contributed by atoms with van der Waals surface area (Å²) in [5.74, 6) is -1.14. The molecule has 0 aliphatic carbocycles. The van der Waals surface area contributed by atoms with Gasteiger partial charge < -0.3 is 4.90 Å². The van der Waals surface area contributed by atoms with E-state index in [2.05, 4.69) is 4.72 Å². The van der Waals surface area contributed by atoms with Gasteiger partial charge in [-0.15, -0.1) is 0 Å². The second kappa shape index (κ2) is 7.23. The van der Waals surface area contributed by atoms with E-state index in [4.69, 9.17) is 0 Å². The third-order valence-corrected chi connectivity index (χ3v) is 6.57. The molecule has 1 aromatic carbocycles. The van der Waals surface area contributed by atoms with Gasteiger partial charge in [-0.05, 0) is 54.3 Å². The fraction of sp³-hybridized carbons (Fsp3) is 0.353. The quantitative estimate of drug-likeness (QED) is 0.865. The fourth-order valence-corrected chi connectivity index (χ4v) is 5.08. The van der Waals surface area contributed by atoms with Gasteiger partial charge in [-0.3, -0.25) is 4.79 Å². The molecule has 5 nitrogen and oxygen atoms in total. The molecule has 1 amide bonds. The number of benzene rings is 1. The van der Waals surface area contributed by atoms with Crippen molar-refractivity contribution >= 4 is 27.3 Å². The standard InChI is InChI=1S/C17H19FN2O3S2/c1-12(19-25(22,23)16-7-3-2-5-14(16)18)17(21)20-9-4-6-15(20)13-8-10-24-11-13/h2-3,5,7-8,10-12,15,19H,4,6,9H2,1H3/t12-,15?/m0/s1. The summed E-state index contributed by atoms with van der Waals surface area (Å²) < 4.78 is 40.8. The molecule has 0 bridgehead atoms. The number of thiophene rings is 1. The first-order valence-electron chi connectivity index (χ1n) is 7.99. The Labute approximate surface area is 150 Å². The SMILES string of the molecule is C[C@H](NS(=O)(=O)c1ccccc1F)C(=O)N1CCCC1c1ccsc1. The molecule has 1 aliphatic rings. The average Bonchev–Trinajstić information content (AvgIpc) is 3.24. The second-order valence-corrected chi connectivity index (χ2v) is 8.48. The molecule has 1 saturated heterocycles. The van der Waals surface area contributed by atoms with Crippen molar-refractivity contribution in [2.75, 3.05) is 6.54 Å². The summed E-state index contributed by atoms with van der Waals surface area (Å²) in [5.41, 5.74) is 1.07. The van der Waals surface area contributed by atoms with Crippen LogP contribution in [-0.4, -0.2) is 31.8 Å². The Hall–Kier alpha value is -1.77. The number of hydrogen-bond donors (Lipinski definition) is 1. The van der Waals surface area contributed by atoms with E-state index in [0.29, 0.717) is 6.54 Å². The molecule has 0 spiro atoms. The van der Waals surface area contributed by atoms with Crippen LogP contribution in [0.5, 0.6) is 0 Å². The van der Waals surface area contributed by atoms with E-state index in [1.165, 1.54) is 25.1 Å². The molecule has 1 unspecified atom stereocenters. The number of nitrogens with one attached hydrogen (secondary N) is 1. The molecule has 1 fully saturated rings. The molecule has 1 N–H and O–H groups in total. The summed E-state index contributed by atoms with van der Waals surface area (Å²) in [5, 5.41) is 3.96. The maximum absolute atomic E-state index is 13.8. The zero-order valence-corrected chi connectivity index (χ0v) is 15.3. The van der Waals surface area contributed by atoms with Gasteiger partial charge in [0.25, 0.3) is 0 Å². The smallest absolute Gasteiger partial charge is 0.244 e. The van der Waals surface area contributed by atoms with Crippen LogP contribution in [0, 0.1) is 5.82 Å². The monoisotopic (exact) mass is 382 g/mol. The highest BCUT2D eigenvalue weighted by Gasteiger charge is 2.34. The van der Waals surface area contributed by atoms with Crippen LogP contribution in [0.4, 0.5) is 4.39 Å². The van der Waals surface area contributed by atoms with Gasteiger partial charge in [0.05, 0.1) is 12.1 Å². The van der Waals surface area contributed by atoms with Gasteiger partial charge in [0.2, 0.25) is 15.9 Å². The van der Waals surface area contributed by atoms with Crippen LogP contribution in [0.1, 0.15) is 31.4 Å². The Morgan fingerprint density at radius 1 is 1.36 bits per heavy atom. The van der Waals surface area contributed by atoms with E-state index in [-0.39, 0.29) is 11.9 Å². The molecule has 2 heterocycles. The van der Waals surface area contributed by atoms with E-state index < -0.39 is 26.8 Å². The van der Waals surface area contributed by atoms with Gasteiger partial charge in [-0.1, -0.05) is 12.1 Å². The first-order valence-corrected chi connectivity index (χ1v) is 10.4. The summed E-state index contributed by atoms with van der Waals surface area (Å²) >= 11 is 1.57. The molecule has 3 rings (SSSR count). The van der Waals surface area contributed by atoms with Crippen molar-refractivity contribution in [3.05, 3.63) is 52.5 Å². The van der Waals surface area contributed by atoms with Crippen molar-refractivity contribution in [2.24, 2.45) is 0 Å². The van der Waals surface area contributed by atoms with Crippen molar-refractivity contribution in [1.29, 1.82) is 0 Å². The summed E-state index contributed by atoms with van der Waals surface area (Å²) in [6.45, 7) is 2.08. The minimum Gasteiger partial charge on any atom is -0.334 e. The molecule has 0 radical (unpaired) electrons. The van der Waals surface area contributed by atoms with Crippen molar-refractivity contribution in [1.82, 2.24) is 9.62 Å². The lowest BCUT2D eigenvalue weighted by Crippen LogP contribution is -2.46. The number of nitrogens with zero attached hydrogens (tertiary/aromatic N) is 1. The van der Waals surface area contributed by atoms with Gasteiger partial charge in [-0.2, -0.15) is 16.1 Å². The third kappa shape index (κ3) is 3.75. The third-order valence-electron chi connectivity index (χ3n) is 4.29. The molecule has 8 heteroatoms. The van der Waals surface area contributed by atoms with Gasteiger partial charge in [0.15, 0.2) is 0 Å². The van der Waals surface area contributed by atoms with Gasteiger partial charge in [-0.25, -0.2) is 12.8 Å². The number of amides is 1. The summed E-state index contributed by atoms with van der Waals surface area (Å²) in [6, 6.07) is 6.10. The van der Waals surface area contributed by atoms with Gasteiger partial charge >= 0.3 is 0 Å². The highest BCUT2D eigenvalue weighted by atomic mass is 32.2. The molecule has 0 saturated carbocycles. The van der Waals surface area contributed by atoms with Gasteiger partial charge in [0, 0.05) is 6.54 Å². The molecule has 2 atom stereocenters. The second-order valence-electron chi connectivity index (χ2n) is 6.02. The van der Waals surface area contributed by atoms with Crippen LogP contribution < -0.4 is 4.72 Å². The molecule has 1 aromatic heterocycles. The van der Waals surface area contributed by atoms with E-state index in [1.807, 2.05) is 16.8 Å². The number of sulfonamides is 1. The minimum atomic E-state index is -4.11. The van der Waals surface area contributed by atoms with Crippen LogP contribution in [0.15, 0.2) is 46.0 Å². The zero-order valence-electron chi connectivity index (χ0n) is 13.7. The Kier molecular flexibility index (Phi) is 5.21. The normalized spacial score (nSPS) is 19.1. The van der Waals surface area contributed by atoms with Crippen molar-refractivity contribution in [3.8, 4) is 0 Å². The number of halogens is 1. The Morgan fingerprint density at radius 2 is 2.12 bits per heavy atom. The predicted molar refractivity (Wildman–Crippen MR) is 94.2 cm³/mol. The van der Waals surface area contributed by atoms with E-state index >= 15 is 0 Å². The van der Waals surface area contributed by atoms with Gasteiger partial charge in [0.1, 0.15) is 10.7 Å². The van der Waals surface area contributed by atoms with E-state index in [0.717, 1.165) is 24.5 Å². The van der Waals surface area contributed by atoms with Crippen LogP contribution in [-0.2, 0) is 14.8 Å². The van der Waals surface area contributed by atoms with Crippen molar-refractivity contribution < 1.29 is 17.6 Å². The fourth-order valence-electron chi connectivity index (χ4n) is 3.10. The molecule has 2 aromatic rings. The lowest BCUT2D eigenvalue weighted by molar-refractivity contribution is -0.133. The number of likely N-dealkylation sites (tertiary alicyclic amines) is 1. The van der Waals surface area contributed by atoms with Crippen LogP contribution >= 0.6 is 11.3 Å². The highest BCUT2D eigenvalue weighted by Crippen LogP contribution is 2.33. The first-order chi connectivity index (χ1) is 11.9. The molecular weight excluding hydrogens is 363 g/mol. The Bertz CT molecular complexity index is 853. The number of rotatable bonds is 5. The van der Waals surface area contributed by atoms with E-state index in [1.54, 1.807) is 16.2 Å². The van der Waals surface area contributed by atoms with Crippen LogP contribution in [0.25, 0.3) is 0 Å². The number of hydrogen-bond acceptors (Lipinski definition) is 4. The van der Waals surface area contributed by atoms with Crippen LogP contribution in [0.3, 0.4) is 0 Å². The molecular formula is C17H19FN2O3S2. The summed E-state index contributed by atoms with van der Waals surface area (Å²) in [6.07, 6.45) is 1.73. The molecule has 134 valence electrons. The predicted octanol–water partition coefficient (Wildman–Crippen LogP) is 2.92. The summed E-state index contributed by atoms with van der Waals surface area (Å²) in [7, 11) is -4.11. The Morgan fingerprint density at radius 3 is 2.80 bits per heavy atom. The minimum absolute atomic E-state index is 0.0286. The lowest BCUT2D eigenvalue weighted by atomic mass is 10.1. The highest BCUT2D eigenvalue weighted by molar-refractivity contribution is 7.89. The average molecular weight is 382 g/mol. The maximum Gasteiger partial charge on any atom is 0.244 e. The number of carbonyl (C=O) groups is 1. The van der Waals surface area contributed by atoms with Crippen molar-refractivity contribution in [2.45, 2.75) is 36.7 Å². The summed E-state index contributed by atoms with van der Waals surface area (Å²) in [4.78, 5) is 14.0.